The van der Waals surface area contributed by atoms with E-state index in [-0.39, 0.29) is 12.6 Å². The molecule has 1 unspecified atom stereocenters. The van der Waals surface area contributed by atoms with Crippen LogP contribution >= 0.6 is 12.2 Å². The number of pyridine rings is 1. The number of hydrogen-bond acceptors (Lipinski definition) is 4. The van der Waals surface area contributed by atoms with Crippen LogP contribution in [0.15, 0.2) is 6.07 Å². The predicted molar refractivity (Wildman–Crippen MR) is 81.7 cm³/mol. The predicted octanol–water partition coefficient (Wildman–Crippen LogP) is 1.41. The molecule has 1 aromatic rings. The molecule has 1 heterocycles. The van der Waals surface area contributed by atoms with Crippen molar-refractivity contribution in [3.63, 3.8) is 0 Å². The van der Waals surface area contributed by atoms with Gasteiger partial charge in [-0.25, -0.2) is 4.98 Å². The van der Waals surface area contributed by atoms with E-state index in [0.717, 1.165) is 29.9 Å². The van der Waals surface area contributed by atoms with E-state index in [1.54, 1.807) is 0 Å². The van der Waals surface area contributed by atoms with Crippen molar-refractivity contribution in [1.29, 1.82) is 0 Å². The second kappa shape index (κ2) is 5.84. The van der Waals surface area contributed by atoms with Gasteiger partial charge in [-0.05, 0) is 44.2 Å². The number of aryl methyl sites for hydroxylation is 2. The summed E-state index contributed by atoms with van der Waals surface area (Å²) in [7, 11) is 1.92. The Morgan fingerprint density at radius 3 is 2.84 bits per heavy atom. The Morgan fingerprint density at radius 2 is 2.21 bits per heavy atom. The molecule has 0 aliphatic heterocycles. The van der Waals surface area contributed by atoms with Crippen LogP contribution in [0.25, 0.3) is 0 Å². The summed E-state index contributed by atoms with van der Waals surface area (Å²) >= 11 is 5.15. The Kier molecular flexibility index (Phi) is 4.37. The Balaban J connectivity index is 2.48. The van der Waals surface area contributed by atoms with Gasteiger partial charge >= 0.3 is 0 Å². The lowest BCUT2D eigenvalue weighted by Crippen LogP contribution is -2.34. The molecule has 3 N–H and O–H groups in total. The number of aliphatic hydroxyl groups excluding tert-OH is 1. The highest BCUT2D eigenvalue weighted by Crippen LogP contribution is 2.27. The largest absolute Gasteiger partial charge is 0.394 e. The number of fused-ring (bicyclic) bond motifs is 1. The number of likely N-dealkylation sites (N-methyl/N-ethyl adjacent to an activating group) is 1. The highest BCUT2D eigenvalue weighted by molar-refractivity contribution is 7.80. The summed E-state index contributed by atoms with van der Waals surface area (Å²) in [6.07, 6.45) is 4.46. The van der Waals surface area contributed by atoms with Crippen molar-refractivity contribution in [2.24, 2.45) is 5.73 Å². The third-order valence-corrected chi connectivity index (χ3v) is 4.03. The van der Waals surface area contributed by atoms with Crippen molar-refractivity contribution in [2.45, 2.75) is 38.6 Å². The summed E-state index contributed by atoms with van der Waals surface area (Å²) in [5.41, 5.74) is 9.07. The molecule has 0 fully saturated rings. The van der Waals surface area contributed by atoms with Gasteiger partial charge in [0.05, 0.1) is 18.2 Å². The Morgan fingerprint density at radius 1 is 1.53 bits per heavy atom. The Hall–Kier alpha value is -1.20. The first-order valence-electron chi connectivity index (χ1n) is 6.71. The molecule has 104 valence electrons. The topological polar surface area (TPSA) is 62.4 Å². The number of nitrogens with zero attached hydrogens (tertiary/aromatic N) is 2. The van der Waals surface area contributed by atoms with E-state index in [0.29, 0.717) is 4.99 Å². The van der Waals surface area contributed by atoms with E-state index in [2.05, 4.69) is 6.07 Å². The molecule has 5 heteroatoms. The number of anilines is 1. The Labute approximate surface area is 119 Å². The van der Waals surface area contributed by atoms with Gasteiger partial charge in [-0.2, -0.15) is 0 Å². The lowest BCUT2D eigenvalue weighted by Gasteiger charge is -2.28. The standard InChI is InChI=1S/C14H21N3OS/c1-9(8-18)17(2)14-11(13(15)19)7-10-5-3-4-6-12(10)16-14/h7,9,18H,3-6,8H2,1-2H3,(H2,15,19). The zero-order chi connectivity index (χ0) is 14.0. The van der Waals surface area contributed by atoms with Crippen molar-refractivity contribution in [2.75, 3.05) is 18.6 Å². The van der Waals surface area contributed by atoms with Crippen LogP contribution < -0.4 is 10.6 Å². The van der Waals surface area contributed by atoms with Crippen LogP contribution in [0.5, 0.6) is 0 Å². The molecule has 1 aliphatic rings. The van der Waals surface area contributed by atoms with E-state index >= 15 is 0 Å². The van der Waals surface area contributed by atoms with Gasteiger partial charge in [-0.3, -0.25) is 0 Å². The van der Waals surface area contributed by atoms with Crippen LogP contribution in [0, 0.1) is 0 Å². The summed E-state index contributed by atoms with van der Waals surface area (Å²) in [5, 5.41) is 9.30. The maximum Gasteiger partial charge on any atom is 0.139 e. The monoisotopic (exact) mass is 279 g/mol. The molecule has 19 heavy (non-hydrogen) atoms. The van der Waals surface area contributed by atoms with E-state index in [1.807, 2.05) is 18.9 Å². The van der Waals surface area contributed by atoms with Gasteiger partial charge in [-0.15, -0.1) is 0 Å². The molecule has 0 bridgehead atoms. The minimum absolute atomic E-state index is 0.0118. The Bertz CT molecular complexity index is 490. The molecule has 0 amide bonds. The van der Waals surface area contributed by atoms with Gasteiger partial charge in [0, 0.05) is 12.7 Å². The van der Waals surface area contributed by atoms with Crippen LogP contribution in [0.4, 0.5) is 5.82 Å². The van der Waals surface area contributed by atoms with Crippen molar-refractivity contribution in [1.82, 2.24) is 4.98 Å². The number of aromatic nitrogens is 1. The van der Waals surface area contributed by atoms with E-state index in [4.69, 9.17) is 22.9 Å². The highest BCUT2D eigenvalue weighted by Gasteiger charge is 2.20. The second-order valence-corrected chi connectivity index (χ2v) is 5.62. The molecule has 0 saturated carbocycles. The number of rotatable bonds is 4. The molecule has 0 radical (unpaired) electrons. The molecular formula is C14H21N3OS. The fourth-order valence-electron chi connectivity index (χ4n) is 2.40. The van der Waals surface area contributed by atoms with Gasteiger partial charge in [0.2, 0.25) is 0 Å². The highest BCUT2D eigenvalue weighted by atomic mass is 32.1. The quantitative estimate of drug-likeness (QED) is 0.816. The summed E-state index contributed by atoms with van der Waals surface area (Å²) in [5.74, 6) is 0.787. The van der Waals surface area contributed by atoms with Crippen molar-refractivity contribution < 1.29 is 5.11 Å². The average molecular weight is 279 g/mol. The van der Waals surface area contributed by atoms with Gasteiger partial charge in [0.1, 0.15) is 10.8 Å². The lowest BCUT2D eigenvalue weighted by molar-refractivity contribution is 0.269. The smallest absolute Gasteiger partial charge is 0.139 e. The number of thiocarbonyl (C=S) groups is 1. The fourth-order valence-corrected chi connectivity index (χ4v) is 2.55. The van der Waals surface area contributed by atoms with Crippen LogP contribution in [0.3, 0.4) is 0 Å². The summed E-state index contributed by atoms with van der Waals surface area (Å²) in [6.45, 7) is 2.02. The third-order valence-electron chi connectivity index (χ3n) is 3.81. The molecular weight excluding hydrogens is 258 g/mol. The molecule has 2 rings (SSSR count). The minimum Gasteiger partial charge on any atom is -0.394 e. The molecule has 4 nitrogen and oxygen atoms in total. The number of aliphatic hydroxyl groups is 1. The van der Waals surface area contributed by atoms with Crippen molar-refractivity contribution >= 4 is 23.0 Å². The van der Waals surface area contributed by atoms with Gasteiger partial charge in [-0.1, -0.05) is 12.2 Å². The van der Waals surface area contributed by atoms with Crippen LogP contribution in [-0.4, -0.2) is 34.8 Å². The summed E-state index contributed by atoms with van der Waals surface area (Å²) in [6, 6.07) is 2.07. The third kappa shape index (κ3) is 2.87. The van der Waals surface area contributed by atoms with Crippen LogP contribution in [0.2, 0.25) is 0 Å². The van der Waals surface area contributed by atoms with Gasteiger partial charge in [0.25, 0.3) is 0 Å². The van der Waals surface area contributed by atoms with E-state index < -0.39 is 0 Å². The number of nitrogens with two attached hydrogens (primary N) is 1. The lowest BCUT2D eigenvalue weighted by atomic mass is 9.94. The van der Waals surface area contributed by atoms with Crippen LogP contribution in [-0.2, 0) is 12.8 Å². The molecule has 1 aromatic heterocycles. The molecule has 1 aliphatic carbocycles. The molecule has 0 spiro atoms. The fraction of sp³-hybridized carbons (Fsp3) is 0.571. The zero-order valence-electron chi connectivity index (χ0n) is 11.5. The molecule has 0 saturated heterocycles. The SMILES string of the molecule is CC(CO)N(C)c1nc2c(cc1C(N)=S)CCCC2. The first-order valence-corrected chi connectivity index (χ1v) is 7.11. The van der Waals surface area contributed by atoms with Gasteiger partial charge < -0.3 is 15.7 Å². The van der Waals surface area contributed by atoms with Crippen LogP contribution in [0.1, 0.15) is 36.6 Å². The number of hydrogen-bond donors (Lipinski definition) is 2. The first kappa shape index (κ1) is 14.2. The van der Waals surface area contributed by atoms with Crippen molar-refractivity contribution in [3.05, 3.63) is 22.9 Å². The van der Waals surface area contributed by atoms with E-state index in [9.17, 15) is 5.11 Å². The molecule has 0 aromatic carbocycles. The maximum atomic E-state index is 9.30. The van der Waals surface area contributed by atoms with E-state index in [1.165, 1.54) is 18.4 Å². The van der Waals surface area contributed by atoms with Crippen molar-refractivity contribution in [3.8, 4) is 0 Å². The first-order chi connectivity index (χ1) is 9.04. The summed E-state index contributed by atoms with van der Waals surface area (Å²) in [4.78, 5) is 7.07. The molecule has 1 atom stereocenters. The second-order valence-electron chi connectivity index (χ2n) is 5.18. The minimum atomic E-state index is -0.0118. The summed E-state index contributed by atoms with van der Waals surface area (Å²) < 4.78 is 0. The van der Waals surface area contributed by atoms with Gasteiger partial charge in [0.15, 0.2) is 0 Å². The normalized spacial score (nSPS) is 15.7. The average Bonchev–Trinajstić information content (AvgIpc) is 2.44. The maximum absolute atomic E-state index is 9.30. The zero-order valence-corrected chi connectivity index (χ0v) is 12.3.